The number of hydrogen-bond donors (Lipinski definition) is 2. The van der Waals surface area contributed by atoms with Crippen molar-refractivity contribution in [1.29, 1.82) is 0 Å². The fraction of sp³-hybridized carbons (Fsp3) is 0.800. The van der Waals surface area contributed by atoms with Crippen LogP contribution in [0.3, 0.4) is 0 Å². The summed E-state index contributed by atoms with van der Waals surface area (Å²) >= 11 is 0. The maximum absolute atomic E-state index is 11.1. The van der Waals surface area contributed by atoms with Crippen molar-refractivity contribution in [2.45, 2.75) is 33.3 Å². The number of hydrogen-bond acceptors (Lipinski definition) is 3. The molecule has 0 bridgehead atoms. The fourth-order valence-electron chi connectivity index (χ4n) is 0.874. The molecular weight excluding hydrogens is 196 g/mol. The maximum atomic E-state index is 11.1. The van der Waals surface area contributed by atoms with Crippen LogP contribution in [0.1, 0.15) is 27.2 Å². The van der Waals surface area contributed by atoms with Gasteiger partial charge >= 0.3 is 0 Å². The van der Waals surface area contributed by atoms with Gasteiger partial charge in [0.25, 0.3) is 0 Å². The zero-order valence-corrected chi connectivity index (χ0v) is 9.63. The van der Waals surface area contributed by atoms with E-state index in [4.69, 9.17) is 4.74 Å². The molecule has 0 aliphatic rings. The molecule has 0 spiro atoms. The Hall–Kier alpha value is -1.10. The number of amides is 2. The van der Waals surface area contributed by atoms with Gasteiger partial charge in [-0.1, -0.05) is 0 Å². The van der Waals surface area contributed by atoms with E-state index < -0.39 is 0 Å². The van der Waals surface area contributed by atoms with Gasteiger partial charge < -0.3 is 15.4 Å². The lowest BCUT2D eigenvalue weighted by Gasteiger charge is -2.08. The van der Waals surface area contributed by atoms with Crippen molar-refractivity contribution in [3.63, 3.8) is 0 Å². The van der Waals surface area contributed by atoms with E-state index >= 15 is 0 Å². The SMILES string of the molecule is CC(=O)NCCCNC(=O)COC(C)C. The van der Waals surface area contributed by atoms with Crippen LogP contribution in [0.2, 0.25) is 0 Å². The highest BCUT2D eigenvalue weighted by Crippen LogP contribution is 1.86. The topological polar surface area (TPSA) is 67.4 Å². The Balaban J connectivity index is 3.28. The highest BCUT2D eigenvalue weighted by molar-refractivity contribution is 5.77. The predicted octanol–water partition coefficient (Wildman–Crippen LogP) is 0.0538. The Morgan fingerprint density at radius 3 is 2.33 bits per heavy atom. The minimum Gasteiger partial charge on any atom is -0.369 e. The van der Waals surface area contributed by atoms with E-state index in [2.05, 4.69) is 10.6 Å². The van der Waals surface area contributed by atoms with E-state index in [9.17, 15) is 9.59 Å². The summed E-state index contributed by atoms with van der Waals surface area (Å²) < 4.78 is 5.12. The Morgan fingerprint density at radius 2 is 1.80 bits per heavy atom. The second-order valence-corrected chi connectivity index (χ2v) is 3.55. The van der Waals surface area contributed by atoms with Crippen molar-refractivity contribution in [2.24, 2.45) is 0 Å². The van der Waals surface area contributed by atoms with Gasteiger partial charge in [-0.05, 0) is 20.3 Å². The smallest absolute Gasteiger partial charge is 0.246 e. The summed E-state index contributed by atoms with van der Waals surface area (Å²) in [6.07, 6.45) is 0.794. The van der Waals surface area contributed by atoms with Gasteiger partial charge in [-0.3, -0.25) is 9.59 Å². The van der Waals surface area contributed by atoms with E-state index in [1.807, 2.05) is 13.8 Å². The Morgan fingerprint density at radius 1 is 1.20 bits per heavy atom. The minimum atomic E-state index is -0.119. The third-order valence-corrected chi connectivity index (χ3v) is 1.60. The first-order chi connectivity index (χ1) is 7.02. The van der Waals surface area contributed by atoms with Gasteiger partial charge in [0.1, 0.15) is 6.61 Å². The standard InChI is InChI=1S/C10H20N2O3/c1-8(2)15-7-10(14)12-6-4-5-11-9(3)13/h8H,4-7H2,1-3H3,(H,11,13)(H,12,14). The maximum Gasteiger partial charge on any atom is 0.246 e. The van der Waals surface area contributed by atoms with Crippen LogP contribution < -0.4 is 10.6 Å². The van der Waals surface area contributed by atoms with Gasteiger partial charge in [0.05, 0.1) is 6.10 Å². The summed E-state index contributed by atoms with van der Waals surface area (Å²) in [5.41, 5.74) is 0. The number of carbonyl (C=O) groups excluding carboxylic acids is 2. The monoisotopic (exact) mass is 216 g/mol. The Bertz CT molecular complexity index is 205. The molecule has 0 heterocycles. The zero-order valence-electron chi connectivity index (χ0n) is 9.63. The van der Waals surface area contributed by atoms with Crippen molar-refractivity contribution < 1.29 is 14.3 Å². The number of nitrogens with one attached hydrogen (secondary N) is 2. The lowest BCUT2D eigenvalue weighted by molar-refractivity contribution is -0.127. The molecular formula is C10H20N2O3. The summed E-state index contributed by atoms with van der Waals surface area (Å²) in [6.45, 7) is 6.46. The number of carbonyl (C=O) groups is 2. The molecule has 2 N–H and O–H groups in total. The molecule has 0 unspecified atom stereocenters. The van der Waals surface area contributed by atoms with Crippen molar-refractivity contribution in [3.05, 3.63) is 0 Å². The molecule has 0 aromatic rings. The largest absolute Gasteiger partial charge is 0.369 e. The van der Waals surface area contributed by atoms with Gasteiger partial charge in [-0.15, -0.1) is 0 Å². The second-order valence-electron chi connectivity index (χ2n) is 3.55. The molecule has 0 aliphatic carbocycles. The van der Waals surface area contributed by atoms with Crippen LogP contribution in [-0.2, 0) is 14.3 Å². The van der Waals surface area contributed by atoms with Crippen molar-refractivity contribution in [2.75, 3.05) is 19.7 Å². The van der Waals surface area contributed by atoms with Crippen LogP contribution in [0.15, 0.2) is 0 Å². The lowest BCUT2D eigenvalue weighted by atomic mass is 10.4. The highest BCUT2D eigenvalue weighted by Gasteiger charge is 2.01. The van der Waals surface area contributed by atoms with Crippen molar-refractivity contribution in [3.8, 4) is 0 Å². The van der Waals surface area contributed by atoms with E-state index in [1.165, 1.54) is 6.92 Å². The quantitative estimate of drug-likeness (QED) is 0.591. The van der Waals surface area contributed by atoms with Crippen LogP contribution in [0.4, 0.5) is 0 Å². The van der Waals surface area contributed by atoms with Gasteiger partial charge in [-0.25, -0.2) is 0 Å². The normalized spacial score (nSPS) is 10.1. The molecule has 0 fully saturated rings. The summed E-state index contributed by atoms with van der Waals surface area (Å²) in [4.78, 5) is 21.6. The van der Waals surface area contributed by atoms with Gasteiger partial charge in [0, 0.05) is 20.0 Å². The number of rotatable bonds is 7. The second kappa shape index (κ2) is 8.23. The van der Waals surface area contributed by atoms with E-state index in [0.29, 0.717) is 13.1 Å². The fourth-order valence-corrected chi connectivity index (χ4v) is 0.874. The molecule has 2 amide bonds. The summed E-state index contributed by atoms with van der Waals surface area (Å²) in [5, 5.41) is 5.34. The minimum absolute atomic E-state index is 0.0514. The van der Waals surface area contributed by atoms with Crippen LogP contribution in [-0.4, -0.2) is 37.6 Å². The van der Waals surface area contributed by atoms with E-state index in [0.717, 1.165) is 6.42 Å². The Labute approximate surface area is 90.6 Å². The molecule has 0 saturated carbocycles. The zero-order chi connectivity index (χ0) is 11.7. The van der Waals surface area contributed by atoms with E-state index in [-0.39, 0.29) is 24.5 Å². The first-order valence-electron chi connectivity index (χ1n) is 5.15. The summed E-state index contributed by atoms with van der Waals surface area (Å²) in [6, 6.07) is 0. The first kappa shape index (κ1) is 13.9. The van der Waals surface area contributed by atoms with Gasteiger partial charge in [-0.2, -0.15) is 0 Å². The van der Waals surface area contributed by atoms with Crippen LogP contribution in [0.5, 0.6) is 0 Å². The highest BCUT2D eigenvalue weighted by atomic mass is 16.5. The van der Waals surface area contributed by atoms with Gasteiger partial charge in [0.2, 0.25) is 11.8 Å². The Kier molecular flexibility index (Phi) is 7.62. The predicted molar refractivity (Wildman–Crippen MR) is 57.4 cm³/mol. The van der Waals surface area contributed by atoms with Crippen molar-refractivity contribution in [1.82, 2.24) is 10.6 Å². The molecule has 0 atom stereocenters. The molecule has 0 rings (SSSR count). The first-order valence-corrected chi connectivity index (χ1v) is 5.15. The third-order valence-electron chi connectivity index (χ3n) is 1.60. The average Bonchev–Trinajstić information content (AvgIpc) is 2.13. The molecule has 0 saturated heterocycles. The third kappa shape index (κ3) is 10.8. The molecule has 0 aliphatic heterocycles. The van der Waals surface area contributed by atoms with E-state index in [1.54, 1.807) is 0 Å². The molecule has 0 aromatic heterocycles. The molecule has 5 heteroatoms. The van der Waals surface area contributed by atoms with Gasteiger partial charge in [0.15, 0.2) is 0 Å². The summed E-state index contributed by atoms with van der Waals surface area (Å²) in [7, 11) is 0. The van der Waals surface area contributed by atoms with Crippen LogP contribution in [0, 0.1) is 0 Å². The molecule has 5 nitrogen and oxygen atoms in total. The molecule has 0 radical (unpaired) electrons. The molecule has 88 valence electrons. The molecule has 0 aromatic carbocycles. The summed E-state index contributed by atoms with van der Waals surface area (Å²) in [5.74, 6) is -0.170. The average molecular weight is 216 g/mol. The van der Waals surface area contributed by atoms with Crippen LogP contribution >= 0.6 is 0 Å². The van der Waals surface area contributed by atoms with Crippen LogP contribution in [0.25, 0.3) is 0 Å². The van der Waals surface area contributed by atoms with Crippen molar-refractivity contribution >= 4 is 11.8 Å². The number of ether oxygens (including phenoxy) is 1. The lowest BCUT2D eigenvalue weighted by Crippen LogP contribution is -2.31. The molecule has 15 heavy (non-hydrogen) atoms.